The largest absolute Gasteiger partial charge is 0.398 e. The van der Waals surface area contributed by atoms with E-state index in [0.29, 0.717) is 12.8 Å². The molecule has 1 amide bonds. The van der Waals surface area contributed by atoms with Gasteiger partial charge >= 0.3 is 0 Å². The van der Waals surface area contributed by atoms with E-state index in [-0.39, 0.29) is 29.5 Å². The molecule has 0 spiro atoms. The van der Waals surface area contributed by atoms with Gasteiger partial charge in [0.25, 0.3) is 0 Å². The van der Waals surface area contributed by atoms with Crippen molar-refractivity contribution < 1.29 is 13.2 Å². The first-order valence-corrected chi connectivity index (χ1v) is 7.87. The Kier molecular flexibility index (Phi) is 5.52. The maximum atomic E-state index is 12.1. The highest BCUT2D eigenvalue weighted by Crippen LogP contribution is 2.22. The molecular formula is C13H21N3O3S. The number of carbonyl (C=O) groups excluding carboxylic acids is 1. The minimum atomic E-state index is -3.62. The second kappa shape index (κ2) is 6.71. The predicted molar refractivity (Wildman–Crippen MR) is 78.6 cm³/mol. The highest BCUT2D eigenvalue weighted by molar-refractivity contribution is 7.89. The van der Waals surface area contributed by atoms with Crippen LogP contribution in [0.5, 0.6) is 0 Å². The summed E-state index contributed by atoms with van der Waals surface area (Å²) in [5.74, 6) is -0.383. The Morgan fingerprint density at radius 1 is 1.20 bits per heavy atom. The number of carbonyl (C=O) groups is 1. The van der Waals surface area contributed by atoms with Gasteiger partial charge in [0, 0.05) is 13.0 Å². The number of hydrogen-bond donors (Lipinski definition) is 3. The van der Waals surface area contributed by atoms with Crippen molar-refractivity contribution in [3.63, 3.8) is 0 Å². The van der Waals surface area contributed by atoms with E-state index in [4.69, 9.17) is 11.5 Å². The lowest BCUT2D eigenvalue weighted by atomic mass is 10.1. The minimum Gasteiger partial charge on any atom is -0.398 e. The number of nitrogen functional groups attached to an aromatic ring is 1. The van der Waals surface area contributed by atoms with E-state index in [9.17, 15) is 13.2 Å². The second-order valence-corrected chi connectivity index (χ2v) is 6.53. The van der Waals surface area contributed by atoms with Gasteiger partial charge in [0.1, 0.15) is 4.90 Å². The lowest BCUT2D eigenvalue weighted by molar-refractivity contribution is -0.118. The fourth-order valence-electron chi connectivity index (χ4n) is 1.75. The van der Waals surface area contributed by atoms with Crippen molar-refractivity contribution in [2.45, 2.75) is 38.0 Å². The number of amides is 1. The number of nitrogens with two attached hydrogens (primary N) is 2. The third-order valence-corrected chi connectivity index (χ3v) is 4.57. The van der Waals surface area contributed by atoms with Crippen molar-refractivity contribution in [2.24, 2.45) is 5.73 Å². The summed E-state index contributed by atoms with van der Waals surface area (Å²) in [7, 11) is -3.62. The molecule has 0 radical (unpaired) electrons. The van der Waals surface area contributed by atoms with Crippen molar-refractivity contribution >= 4 is 21.6 Å². The number of benzene rings is 1. The van der Waals surface area contributed by atoms with Gasteiger partial charge in [-0.3, -0.25) is 4.79 Å². The molecule has 5 N–H and O–H groups in total. The summed E-state index contributed by atoms with van der Waals surface area (Å²) in [6, 6.07) is 3.22. The van der Waals surface area contributed by atoms with Crippen molar-refractivity contribution in [2.75, 3.05) is 12.3 Å². The van der Waals surface area contributed by atoms with E-state index in [0.717, 1.165) is 11.1 Å². The first-order chi connectivity index (χ1) is 9.24. The Hall–Kier alpha value is -1.60. The molecular weight excluding hydrogens is 278 g/mol. The Bertz CT molecular complexity index is 597. The van der Waals surface area contributed by atoms with Gasteiger partial charge in [-0.1, -0.05) is 0 Å². The fourth-order valence-corrected chi connectivity index (χ4v) is 3.02. The van der Waals surface area contributed by atoms with Crippen molar-refractivity contribution in [3.05, 3.63) is 23.3 Å². The van der Waals surface area contributed by atoms with Crippen LogP contribution in [0.25, 0.3) is 0 Å². The van der Waals surface area contributed by atoms with E-state index in [2.05, 4.69) is 4.72 Å². The van der Waals surface area contributed by atoms with Gasteiger partial charge in [-0.25, -0.2) is 13.1 Å². The van der Waals surface area contributed by atoms with E-state index >= 15 is 0 Å². The van der Waals surface area contributed by atoms with Crippen LogP contribution in [0, 0.1) is 13.8 Å². The molecule has 0 aliphatic heterocycles. The highest BCUT2D eigenvalue weighted by atomic mass is 32.2. The fraction of sp³-hybridized carbons (Fsp3) is 0.462. The lowest BCUT2D eigenvalue weighted by Crippen LogP contribution is -2.26. The summed E-state index contributed by atoms with van der Waals surface area (Å²) in [5.41, 5.74) is 12.8. The molecule has 1 aromatic rings. The third kappa shape index (κ3) is 4.50. The topological polar surface area (TPSA) is 115 Å². The van der Waals surface area contributed by atoms with Gasteiger partial charge in [0.2, 0.25) is 15.9 Å². The molecule has 0 bridgehead atoms. The lowest BCUT2D eigenvalue weighted by Gasteiger charge is -2.11. The number of aryl methyl sites for hydroxylation is 2. The molecule has 1 aromatic carbocycles. The zero-order chi connectivity index (χ0) is 15.3. The van der Waals surface area contributed by atoms with Crippen LogP contribution in [0.15, 0.2) is 17.0 Å². The van der Waals surface area contributed by atoms with Crippen LogP contribution in [-0.4, -0.2) is 20.9 Å². The summed E-state index contributed by atoms with van der Waals surface area (Å²) >= 11 is 0. The SMILES string of the molecule is Cc1cc(N)c(S(=O)(=O)NCCCCC(N)=O)cc1C. The van der Waals surface area contributed by atoms with Crippen LogP contribution < -0.4 is 16.2 Å². The molecule has 1 rings (SSSR count). The summed E-state index contributed by atoms with van der Waals surface area (Å²) in [5, 5.41) is 0. The zero-order valence-corrected chi connectivity index (χ0v) is 12.6. The summed E-state index contributed by atoms with van der Waals surface area (Å²) in [6.07, 6.45) is 1.36. The molecule has 7 heteroatoms. The van der Waals surface area contributed by atoms with Gasteiger partial charge in [-0.15, -0.1) is 0 Å². The first kappa shape index (κ1) is 16.5. The van der Waals surface area contributed by atoms with Gasteiger partial charge in [-0.2, -0.15) is 0 Å². The Balaban J connectivity index is 2.70. The maximum Gasteiger partial charge on any atom is 0.242 e. The summed E-state index contributed by atoms with van der Waals surface area (Å²) in [4.78, 5) is 10.7. The van der Waals surface area contributed by atoms with Gasteiger partial charge in [0.05, 0.1) is 5.69 Å². The zero-order valence-electron chi connectivity index (χ0n) is 11.8. The minimum absolute atomic E-state index is 0.0931. The van der Waals surface area contributed by atoms with E-state index in [1.165, 1.54) is 0 Å². The summed E-state index contributed by atoms with van der Waals surface area (Å²) < 4.78 is 26.7. The van der Waals surface area contributed by atoms with Crippen molar-refractivity contribution in [1.29, 1.82) is 0 Å². The second-order valence-electron chi connectivity index (χ2n) is 4.80. The van der Waals surface area contributed by atoms with Crippen molar-refractivity contribution in [1.82, 2.24) is 4.72 Å². The number of unbranched alkanes of at least 4 members (excludes halogenated alkanes) is 1. The third-order valence-electron chi connectivity index (χ3n) is 3.06. The Morgan fingerprint density at radius 2 is 1.80 bits per heavy atom. The number of nitrogens with one attached hydrogen (secondary N) is 1. The molecule has 6 nitrogen and oxygen atoms in total. The maximum absolute atomic E-state index is 12.1. The molecule has 0 aliphatic carbocycles. The van der Waals surface area contributed by atoms with Crippen LogP contribution in [-0.2, 0) is 14.8 Å². The number of primary amides is 1. The van der Waals surface area contributed by atoms with Crippen LogP contribution >= 0.6 is 0 Å². The van der Waals surface area contributed by atoms with E-state index < -0.39 is 10.0 Å². The van der Waals surface area contributed by atoms with Gasteiger partial charge in [-0.05, 0) is 49.9 Å². The first-order valence-electron chi connectivity index (χ1n) is 6.38. The number of sulfonamides is 1. The standard InChI is InChI=1S/C13H21N3O3S/c1-9-7-11(14)12(8-10(9)2)20(18,19)16-6-4-3-5-13(15)17/h7-8,16H,3-6,14H2,1-2H3,(H2,15,17). The molecule has 0 aliphatic rings. The average molecular weight is 299 g/mol. The van der Waals surface area contributed by atoms with Crippen LogP contribution in [0.4, 0.5) is 5.69 Å². The molecule has 0 atom stereocenters. The van der Waals surface area contributed by atoms with E-state index in [1.807, 2.05) is 13.8 Å². The Morgan fingerprint density at radius 3 is 2.40 bits per heavy atom. The molecule has 0 unspecified atom stereocenters. The molecule has 0 fully saturated rings. The van der Waals surface area contributed by atoms with Gasteiger partial charge < -0.3 is 11.5 Å². The van der Waals surface area contributed by atoms with Crippen LogP contribution in [0.2, 0.25) is 0 Å². The molecule has 0 aromatic heterocycles. The molecule has 0 saturated heterocycles. The quantitative estimate of drug-likeness (QED) is 0.510. The monoisotopic (exact) mass is 299 g/mol. The highest BCUT2D eigenvalue weighted by Gasteiger charge is 2.17. The number of rotatable bonds is 7. The van der Waals surface area contributed by atoms with Gasteiger partial charge in [0.15, 0.2) is 0 Å². The number of hydrogen-bond acceptors (Lipinski definition) is 4. The normalized spacial score (nSPS) is 11.5. The average Bonchev–Trinajstić information content (AvgIpc) is 2.32. The molecule has 0 saturated carbocycles. The van der Waals surface area contributed by atoms with Crippen LogP contribution in [0.3, 0.4) is 0 Å². The van der Waals surface area contributed by atoms with Crippen molar-refractivity contribution in [3.8, 4) is 0 Å². The molecule has 20 heavy (non-hydrogen) atoms. The van der Waals surface area contributed by atoms with E-state index in [1.54, 1.807) is 12.1 Å². The number of anilines is 1. The molecule has 0 heterocycles. The smallest absolute Gasteiger partial charge is 0.242 e. The Labute approximate surface area is 119 Å². The summed E-state index contributed by atoms with van der Waals surface area (Å²) in [6.45, 7) is 3.96. The molecule has 112 valence electrons. The van der Waals surface area contributed by atoms with Crippen LogP contribution in [0.1, 0.15) is 30.4 Å². The predicted octanol–water partition coefficient (Wildman–Crippen LogP) is 0.820.